The number of nitrogens with zero attached hydrogens (tertiary/aromatic N) is 2. The summed E-state index contributed by atoms with van der Waals surface area (Å²) >= 11 is 1.85. The van der Waals surface area contributed by atoms with Crippen LogP contribution in [0.25, 0.3) is 0 Å². The lowest BCUT2D eigenvalue weighted by Gasteiger charge is -2.33. The molecule has 0 aliphatic carbocycles. The van der Waals surface area contributed by atoms with Crippen LogP contribution in [0.5, 0.6) is 0 Å². The molecule has 1 N–H and O–H groups in total. The van der Waals surface area contributed by atoms with Crippen LogP contribution in [0.3, 0.4) is 0 Å². The van der Waals surface area contributed by atoms with Gasteiger partial charge < -0.3 is 5.32 Å². The summed E-state index contributed by atoms with van der Waals surface area (Å²) in [6.45, 7) is 6.85. The third-order valence-corrected chi connectivity index (χ3v) is 4.88. The SMILES string of the molecule is CCN1CCCCC1c1nc(CC(C)NC)cs1. The molecule has 2 heterocycles. The normalized spacial score (nSPS) is 23.2. The molecule has 2 rings (SSSR count). The Morgan fingerprint density at radius 3 is 3.11 bits per heavy atom. The molecule has 1 aliphatic heterocycles. The second-order valence-electron chi connectivity index (χ2n) is 5.21. The van der Waals surface area contributed by atoms with E-state index >= 15 is 0 Å². The molecule has 1 aromatic rings. The van der Waals surface area contributed by atoms with Crippen molar-refractivity contribution in [3.8, 4) is 0 Å². The summed E-state index contributed by atoms with van der Waals surface area (Å²) in [5.74, 6) is 0. The Kier molecular flexibility index (Phi) is 5.15. The van der Waals surface area contributed by atoms with Crippen LogP contribution in [0, 0.1) is 0 Å². The van der Waals surface area contributed by atoms with Gasteiger partial charge in [-0.25, -0.2) is 4.98 Å². The van der Waals surface area contributed by atoms with Gasteiger partial charge in [0.05, 0.1) is 11.7 Å². The zero-order chi connectivity index (χ0) is 13.0. The molecule has 1 aliphatic rings. The van der Waals surface area contributed by atoms with Crippen LogP contribution in [-0.2, 0) is 6.42 Å². The zero-order valence-electron chi connectivity index (χ0n) is 11.8. The average Bonchev–Trinajstić information content (AvgIpc) is 2.86. The van der Waals surface area contributed by atoms with E-state index in [1.807, 2.05) is 18.4 Å². The first-order valence-electron chi connectivity index (χ1n) is 7.10. The highest BCUT2D eigenvalue weighted by Gasteiger charge is 2.25. The second-order valence-corrected chi connectivity index (χ2v) is 6.10. The minimum absolute atomic E-state index is 0.508. The maximum Gasteiger partial charge on any atom is 0.110 e. The fraction of sp³-hybridized carbons (Fsp3) is 0.786. The van der Waals surface area contributed by atoms with E-state index in [1.54, 1.807) is 0 Å². The van der Waals surface area contributed by atoms with Gasteiger partial charge in [-0.1, -0.05) is 13.3 Å². The van der Waals surface area contributed by atoms with Crippen molar-refractivity contribution in [2.75, 3.05) is 20.1 Å². The van der Waals surface area contributed by atoms with Crippen LogP contribution in [-0.4, -0.2) is 36.1 Å². The Balaban J connectivity index is 2.03. The van der Waals surface area contributed by atoms with Gasteiger partial charge in [0.1, 0.15) is 5.01 Å². The molecular weight excluding hydrogens is 242 g/mol. The van der Waals surface area contributed by atoms with E-state index < -0.39 is 0 Å². The number of rotatable bonds is 5. The summed E-state index contributed by atoms with van der Waals surface area (Å²) in [5, 5.41) is 6.85. The second kappa shape index (κ2) is 6.64. The molecule has 0 bridgehead atoms. The van der Waals surface area contributed by atoms with Gasteiger partial charge in [-0.15, -0.1) is 11.3 Å². The van der Waals surface area contributed by atoms with Gasteiger partial charge >= 0.3 is 0 Å². The van der Waals surface area contributed by atoms with Gasteiger partial charge in [-0.3, -0.25) is 4.90 Å². The molecule has 0 spiro atoms. The molecule has 0 aromatic carbocycles. The first-order valence-corrected chi connectivity index (χ1v) is 7.98. The molecule has 1 aromatic heterocycles. The minimum Gasteiger partial charge on any atom is -0.317 e. The van der Waals surface area contributed by atoms with E-state index in [2.05, 4.69) is 29.4 Å². The van der Waals surface area contributed by atoms with Crippen molar-refractivity contribution in [2.45, 2.75) is 51.6 Å². The smallest absolute Gasteiger partial charge is 0.110 e. The summed E-state index contributed by atoms with van der Waals surface area (Å²) in [6, 6.07) is 1.08. The van der Waals surface area contributed by atoms with Gasteiger partial charge in [0, 0.05) is 17.8 Å². The largest absolute Gasteiger partial charge is 0.317 e. The number of hydrogen-bond donors (Lipinski definition) is 1. The van der Waals surface area contributed by atoms with Crippen molar-refractivity contribution in [3.05, 3.63) is 16.1 Å². The molecule has 0 saturated carbocycles. The fourth-order valence-electron chi connectivity index (χ4n) is 2.63. The van der Waals surface area contributed by atoms with Crippen LogP contribution in [0.15, 0.2) is 5.38 Å². The number of thiazole rings is 1. The van der Waals surface area contributed by atoms with Crippen LogP contribution in [0.1, 0.15) is 49.9 Å². The van der Waals surface area contributed by atoms with Gasteiger partial charge in [0.15, 0.2) is 0 Å². The molecule has 3 nitrogen and oxygen atoms in total. The molecule has 2 atom stereocenters. The van der Waals surface area contributed by atoms with Crippen molar-refractivity contribution in [3.63, 3.8) is 0 Å². The third-order valence-electron chi connectivity index (χ3n) is 3.88. The summed E-state index contributed by atoms with van der Waals surface area (Å²) in [4.78, 5) is 7.43. The molecule has 1 fully saturated rings. The number of likely N-dealkylation sites (tertiary alicyclic amines) is 1. The lowest BCUT2D eigenvalue weighted by Crippen LogP contribution is -2.33. The number of nitrogens with one attached hydrogen (secondary N) is 1. The lowest BCUT2D eigenvalue weighted by molar-refractivity contribution is 0.157. The first-order chi connectivity index (χ1) is 8.74. The minimum atomic E-state index is 0.508. The molecule has 1 saturated heterocycles. The van der Waals surface area contributed by atoms with Crippen molar-refractivity contribution in [2.24, 2.45) is 0 Å². The van der Waals surface area contributed by atoms with E-state index in [0.29, 0.717) is 12.1 Å². The number of aromatic nitrogens is 1. The van der Waals surface area contributed by atoms with E-state index in [1.165, 1.54) is 36.5 Å². The number of likely N-dealkylation sites (N-methyl/N-ethyl adjacent to an activating group) is 1. The molecule has 0 radical (unpaired) electrons. The average molecular weight is 267 g/mol. The van der Waals surface area contributed by atoms with Crippen molar-refractivity contribution in [1.29, 1.82) is 0 Å². The highest BCUT2D eigenvalue weighted by molar-refractivity contribution is 7.09. The van der Waals surface area contributed by atoms with Gasteiger partial charge in [-0.2, -0.15) is 0 Å². The third kappa shape index (κ3) is 3.31. The standard InChI is InChI=1S/C14H25N3S/c1-4-17-8-6-5-7-13(17)14-16-12(10-18-14)9-11(2)15-3/h10-11,13,15H,4-9H2,1-3H3. The molecule has 102 valence electrons. The lowest BCUT2D eigenvalue weighted by atomic mass is 10.0. The monoisotopic (exact) mass is 267 g/mol. The van der Waals surface area contributed by atoms with Gasteiger partial charge in [0.2, 0.25) is 0 Å². The summed E-state index contributed by atoms with van der Waals surface area (Å²) < 4.78 is 0. The van der Waals surface area contributed by atoms with Crippen molar-refractivity contribution in [1.82, 2.24) is 15.2 Å². The summed E-state index contributed by atoms with van der Waals surface area (Å²) in [5.41, 5.74) is 1.25. The topological polar surface area (TPSA) is 28.2 Å². The van der Waals surface area contributed by atoms with Crippen LogP contribution < -0.4 is 5.32 Å². The molecule has 0 amide bonds. The molecular formula is C14H25N3S. The molecule has 4 heteroatoms. The number of hydrogen-bond acceptors (Lipinski definition) is 4. The van der Waals surface area contributed by atoms with Crippen molar-refractivity contribution >= 4 is 11.3 Å². The van der Waals surface area contributed by atoms with Gasteiger partial charge in [-0.05, 0) is 39.9 Å². The Labute approximate surface area is 115 Å². The fourth-order valence-corrected chi connectivity index (χ4v) is 3.63. The molecule has 18 heavy (non-hydrogen) atoms. The van der Waals surface area contributed by atoms with Crippen molar-refractivity contribution < 1.29 is 0 Å². The zero-order valence-corrected chi connectivity index (χ0v) is 12.6. The Hall–Kier alpha value is -0.450. The first kappa shape index (κ1) is 14.0. The van der Waals surface area contributed by atoms with E-state index in [4.69, 9.17) is 4.98 Å². The maximum atomic E-state index is 4.86. The van der Waals surface area contributed by atoms with Crippen LogP contribution >= 0.6 is 11.3 Å². The highest BCUT2D eigenvalue weighted by atomic mass is 32.1. The van der Waals surface area contributed by atoms with E-state index in [9.17, 15) is 0 Å². The predicted octanol–water partition coefficient (Wildman–Crippen LogP) is 2.84. The molecule has 2 unspecified atom stereocenters. The van der Waals surface area contributed by atoms with Crippen LogP contribution in [0.4, 0.5) is 0 Å². The Morgan fingerprint density at radius 2 is 2.39 bits per heavy atom. The predicted molar refractivity (Wildman–Crippen MR) is 78.2 cm³/mol. The maximum absolute atomic E-state index is 4.86. The highest BCUT2D eigenvalue weighted by Crippen LogP contribution is 2.32. The summed E-state index contributed by atoms with van der Waals surface area (Å²) in [6.07, 6.45) is 5.01. The van der Waals surface area contributed by atoms with E-state index in [0.717, 1.165) is 13.0 Å². The van der Waals surface area contributed by atoms with Crippen LogP contribution in [0.2, 0.25) is 0 Å². The van der Waals surface area contributed by atoms with Gasteiger partial charge in [0.25, 0.3) is 0 Å². The summed E-state index contributed by atoms with van der Waals surface area (Å²) in [7, 11) is 2.01. The van der Waals surface area contributed by atoms with E-state index in [-0.39, 0.29) is 0 Å². The Bertz CT molecular complexity index is 364. The quantitative estimate of drug-likeness (QED) is 0.889. The Morgan fingerprint density at radius 1 is 1.56 bits per heavy atom. The number of piperidine rings is 1.